The Morgan fingerprint density at radius 1 is 0.706 bits per heavy atom. The van der Waals surface area contributed by atoms with Crippen molar-refractivity contribution in [3.63, 3.8) is 0 Å². The molecule has 0 amide bonds. The van der Waals surface area contributed by atoms with Crippen molar-refractivity contribution >= 4 is 88.4 Å². The highest BCUT2D eigenvalue weighted by Crippen LogP contribution is 2.30. The van der Waals surface area contributed by atoms with Gasteiger partial charge in [-0.2, -0.15) is 88.4 Å². The molecule has 0 heterocycles. The van der Waals surface area contributed by atoms with Gasteiger partial charge < -0.3 is 0 Å². The molecule has 0 radical (unpaired) electrons. The number of rotatable bonds is 9. The summed E-state index contributed by atoms with van der Waals surface area (Å²) in [6.45, 7) is 0. The van der Waals surface area contributed by atoms with Gasteiger partial charge in [0.2, 0.25) is 0 Å². The van der Waals surface area contributed by atoms with Crippen LogP contribution in [0.2, 0.25) is 0 Å². The molecule has 0 aromatic carbocycles. The molecule has 0 bridgehead atoms. The third kappa shape index (κ3) is 9.08. The van der Waals surface area contributed by atoms with Gasteiger partial charge in [0, 0.05) is 31.8 Å². The molecule has 104 valence electrons. The van der Waals surface area contributed by atoms with Crippen LogP contribution in [0.15, 0.2) is 0 Å². The van der Waals surface area contributed by atoms with Gasteiger partial charge in [0.25, 0.3) is 0 Å². The molecule has 0 aliphatic heterocycles. The van der Waals surface area contributed by atoms with E-state index in [4.69, 9.17) is 0 Å². The fraction of sp³-hybridized carbons (Fsp3) is 1.00. The molecule has 0 saturated carbocycles. The summed E-state index contributed by atoms with van der Waals surface area (Å²) >= 11 is 30.9. The topological polar surface area (TPSA) is 0 Å². The van der Waals surface area contributed by atoms with Crippen molar-refractivity contribution in [1.82, 2.24) is 0 Å². The summed E-state index contributed by atoms with van der Waals surface area (Å²) in [6.07, 6.45) is 3.04. The van der Waals surface area contributed by atoms with E-state index in [1.807, 2.05) is 0 Å². The van der Waals surface area contributed by atoms with Crippen LogP contribution in [0.1, 0.15) is 19.3 Å². The molecule has 0 aliphatic carbocycles. The molecule has 0 nitrogen and oxygen atoms in total. The zero-order valence-corrected chi connectivity index (χ0v) is 15.8. The first-order chi connectivity index (χ1) is 7.92. The van der Waals surface area contributed by atoms with E-state index >= 15 is 0 Å². The van der Waals surface area contributed by atoms with E-state index in [0.29, 0.717) is 16.4 Å². The van der Waals surface area contributed by atoms with Crippen molar-refractivity contribution in [3.05, 3.63) is 0 Å². The highest BCUT2D eigenvalue weighted by Gasteiger charge is 2.24. The van der Waals surface area contributed by atoms with Gasteiger partial charge in [-0.15, -0.1) is 0 Å². The second-order valence-electron chi connectivity index (χ2n) is 4.13. The summed E-state index contributed by atoms with van der Waals surface area (Å²) in [4.78, 5) is 0. The molecule has 0 aromatic heterocycles. The van der Waals surface area contributed by atoms with Crippen LogP contribution in [0.4, 0.5) is 0 Å². The SMILES string of the molecule is SCC(S)CCC(S)CC(C(S)S)C(S)CS. The molecule has 0 spiro atoms. The summed E-state index contributed by atoms with van der Waals surface area (Å²) in [6, 6.07) is 0. The molecule has 0 saturated heterocycles. The van der Waals surface area contributed by atoms with Crippen LogP contribution in [-0.4, -0.2) is 31.8 Å². The minimum atomic E-state index is 0.0241. The van der Waals surface area contributed by atoms with Crippen molar-refractivity contribution in [2.24, 2.45) is 5.92 Å². The Hall–Kier alpha value is 2.45. The maximum atomic E-state index is 4.63. The van der Waals surface area contributed by atoms with Crippen LogP contribution < -0.4 is 0 Å². The van der Waals surface area contributed by atoms with Crippen molar-refractivity contribution in [1.29, 1.82) is 0 Å². The Morgan fingerprint density at radius 3 is 1.65 bits per heavy atom. The lowest BCUT2D eigenvalue weighted by Crippen LogP contribution is -2.26. The molecule has 0 rings (SSSR count). The predicted molar refractivity (Wildman–Crippen MR) is 105 cm³/mol. The maximum absolute atomic E-state index is 4.63. The molecule has 7 heteroatoms. The van der Waals surface area contributed by atoms with Gasteiger partial charge in [-0.25, -0.2) is 0 Å². The molecule has 4 atom stereocenters. The Bertz CT molecular complexity index is 187. The largest absolute Gasteiger partial charge is 0.178 e. The number of hydrogen-bond acceptors (Lipinski definition) is 7. The average Bonchev–Trinajstić information content (AvgIpc) is 2.31. The van der Waals surface area contributed by atoms with Crippen molar-refractivity contribution < 1.29 is 0 Å². The van der Waals surface area contributed by atoms with E-state index in [1.54, 1.807) is 0 Å². The molecule has 0 N–H and O–H groups in total. The summed E-state index contributed by atoms with van der Waals surface area (Å²) in [5.74, 6) is 1.86. The first kappa shape index (κ1) is 19.4. The summed E-state index contributed by atoms with van der Waals surface area (Å²) in [5.41, 5.74) is 0. The molecule has 0 fully saturated rings. The third-order valence-corrected chi connectivity index (χ3v) is 6.30. The molecular weight excluding hydrogens is 345 g/mol. The van der Waals surface area contributed by atoms with E-state index in [1.165, 1.54) is 0 Å². The third-order valence-electron chi connectivity index (χ3n) is 2.65. The summed E-state index contributed by atoms with van der Waals surface area (Å²) in [5, 5.41) is 0.904. The van der Waals surface area contributed by atoms with Crippen LogP contribution in [-0.2, 0) is 0 Å². The zero-order chi connectivity index (χ0) is 13.4. The van der Waals surface area contributed by atoms with E-state index in [2.05, 4.69) is 88.4 Å². The minimum Gasteiger partial charge on any atom is -0.178 e. The summed E-state index contributed by atoms with van der Waals surface area (Å²) < 4.78 is 0.0241. The van der Waals surface area contributed by atoms with E-state index in [0.717, 1.165) is 30.8 Å². The zero-order valence-electron chi connectivity index (χ0n) is 9.55. The standard InChI is InChI=1S/C10H22S7/c11-4-7(14)2-1-6(13)3-8(10(16)17)9(15)5-12/h6-17H,1-5H2. The first-order valence-electron chi connectivity index (χ1n) is 5.54. The van der Waals surface area contributed by atoms with E-state index in [9.17, 15) is 0 Å². The fourth-order valence-corrected chi connectivity index (χ4v) is 3.74. The lowest BCUT2D eigenvalue weighted by atomic mass is 9.98. The minimum absolute atomic E-state index is 0.0241. The Labute approximate surface area is 144 Å². The van der Waals surface area contributed by atoms with Crippen LogP contribution in [0.3, 0.4) is 0 Å². The highest BCUT2D eigenvalue weighted by atomic mass is 32.2. The van der Waals surface area contributed by atoms with Gasteiger partial charge >= 0.3 is 0 Å². The number of thiol groups is 7. The van der Waals surface area contributed by atoms with Crippen molar-refractivity contribution in [2.45, 2.75) is 39.6 Å². The maximum Gasteiger partial charge on any atom is 0.0481 e. The van der Waals surface area contributed by atoms with Gasteiger partial charge in [0.15, 0.2) is 0 Å². The molecule has 17 heavy (non-hydrogen) atoms. The molecule has 0 aliphatic rings. The smallest absolute Gasteiger partial charge is 0.0481 e. The van der Waals surface area contributed by atoms with Crippen LogP contribution in [0.25, 0.3) is 0 Å². The second-order valence-corrected chi connectivity index (χ2v) is 8.50. The Morgan fingerprint density at radius 2 is 1.24 bits per heavy atom. The first-order valence-corrected chi connectivity index (χ1v) is 9.39. The molecule has 0 aromatic rings. The van der Waals surface area contributed by atoms with Gasteiger partial charge in [-0.3, -0.25) is 0 Å². The van der Waals surface area contributed by atoms with Gasteiger partial charge in [0.1, 0.15) is 0 Å². The Balaban J connectivity index is 4.08. The normalized spacial score (nSPS) is 19.1. The summed E-state index contributed by atoms with van der Waals surface area (Å²) in [7, 11) is 0. The fourth-order valence-electron chi connectivity index (χ4n) is 1.52. The number of hydrogen-bond donors (Lipinski definition) is 7. The second kappa shape index (κ2) is 11.1. The molecular formula is C10H22S7. The van der Waals surface area contributed by atoms with Crippen molar-refractivity contribution in [2.75, 3.05) is 11.5 Å². The van der Waals surface area contributed by atoms with Gasteiger partial charge in [-0.05, 0) is 25.2 Å². The van der Waals surface area contributed by atoms with Gasteiger partial charge in [0.05, 0.1) is 0 Å². The predicted octanol–water partition coefficient (Wildman–Crippen LogP) is 3.71. The van der Waals surface area contributed by atoms with Crippen LogP contribution >= 0.6 is 88.4 Å². The monoisotopic (exact) mass is 366 g/mol. The lowest BCUT2D eigenvalue weighted by Gasteiger charge is -2.27. The highest BCUT2D eigenvalue weighted by molar-refractivity contribution is 7.99. The van der Waals surface area contributed by atoms with Crippen molar-refractivity contribution in [3.8, 4) is 0 Å². The van der Waals surface area contributed by atoms with E-state index in [-0.39, 0.29) is 9.83 Å². The lowest BCUT2D eigenvalue weighted by molar-refractivity contribution is 0.499. The van der Waals surface area contributed by atoms with Crippen LogP contribution in [0.5, 0.6) is 0 Å². The van der Waals surface area contributed by atoms with Crippen LogP contribution in [0, 0.1) is 5.92 Å². The average molecular weight is 367 g/mol. The molecule has 4 unspecified atom stereocenters. The van der Waals surface area contributed by atoms with E-state index < -0.39 is 0 Å². The Kier molecular flexibility index (Phi) is 12.8. The van der Waals surface area contributed by atoms with Gasteiger partial charge in [-0.1, -0.05) is 0 Å². The quantitative estimate of drug-likeness (QED) is 0.235.